The molecule has 1 saturated heterocycles. The highest BCUT2D eigenvalue weighted by Crippen LogP contribution is 2.38. The van der Waals surface area contributed by atoms with Crippen LogP contribution in [0.1, 0.15) is 32.0 Å². The number of anilines is 2. The van der Waals surface area contributed by atoms with Crippen molar-refractivity contribution in [1.82, 2.24) is 19.7 Å². The van der Waals surface area contributed by atoms with Gasteiger partial charge in [0.25, 0.3) is 11.8 Å². The molecule has 0 radical (unpaired) electrons. The van der Waals surface area contributed by atoms with Crippen LogP contribution in [-0.2, 0) is 12.8 Å². The number of nitrogens with one attached hydrogen (secondary N) is 1. The molecule has 0 atom stereocenters. The van der Waals surface area contributed by atoms with Crippen molar-refractivity contribution >= 4 is 23.3 Å². The summed E-state index contributed by atoms with van der Waals surface area (Å²) in [4.78, 5) is 34.4. The molecule has 2 aliphatic rings. The maximum atomic E-state index is 13.6. The van der Waals surface area contributed by atoms with Gasteiger partial charge in [-0.25, -0.2) is 14.1 Å². The number of piperazine rings is 1. The molecule has 1 aliphatic carbocycles. The molecule has 198 valence electrons. The van der Waals surface area contributed by atoms with Gasteiger partial charge >= 0.3 is 0 Å². The predicted molar refractivity (Wildman–Crippen MR) is 147 cm³/mol. The second-order valence-electron chi connectivity index (χ2n) is 9.95. The molecule has 1 aliphatic heterocycles. The highest BCUT2D eigenvalue weighted by Gasteiger charge is 2.28. The van der Waals surface area contributed by atoms with Crippen molar-refractivity contribution in [2.45, 2.75) is 12.8 Å². The Balaban J connectivity index is 1.32. The first-order valence-electron chi connectivity index (χ1n) is 12.9. The SMILES string of the molecule is CN1CCN(c2cc(C(=O)Nc3ccc4c(c3)-c3c(c(C(N)=O)nn3-c3ccc(F)cc3)CC4)ccn2)CC1. The Bertz CT molecular complexity index is 1570. The second kappa shape index (κ2) is 9.95. The van der Waals surface area contributed by atoms with Crippen LogP contribution in [0.4, 0.5) is 15.9 Å². The number of hydrogen-bond donors (Lipinski definition) is 2. The number of benzene rings is 2. The number of amides is 2. The van der Waals surface area contributed by atoms with Crippen LogP contribution in [0.2, 0.25) is 0 Å². The number of carbonyl (C=O) groups excluding carboxylic acids is 2. The molecule has 9 nitrogen and oxygen atoms in total. The van der Waals surface area contributed by atoms with Gasteiger partial charge in [0.05, 0.1) is 11.4 Å². The Hall–Kier alpha value is -4.57. The molecule has 0 spiro atoms. The zero-order valence-corrected chi connectivity index (χ0v) is 21.5. The Kier molecular flexibility index (Phi) is 6.32. The number of halogens is 1. The number of fused-ring (bicyclic) bond motifs is 3. The van der Waals surface area contributed by atoms with Gasteiger partial charge in [-0.15, -0.1) is 0 Å². The number of aryl methyl sites for hydroxylation is 1. The minimum atomic E-state index is -0.617. The molecule has 2 aromatic carbocycles. The number of primary amides is 1. The number of aromatic nitrogens is 3. The highest BCUT2D eigenvalue weighted by atomic mass is 19.1. The van der Waals surface area contributed by atoms with Gasteiger partial charge in [-0.2, -0.15) is 5.10 Å². The zero-order chi connectivity index (χ0) is 27.1. The first-order chi connectivity index (χ1) is 18.9. The topological polar surface area (TPSA) is 109 Å². The molecule has 2 aromatic heterocycles. The van der Waals surface area contributed by atoms with Crippen molar-refractivity contribution in [2.75, 3.05) is 43.4 Å². The number of pyridine rings is 1. The van der Waals surface area contributed by atoms with Gasteiger partial charge < -0.3 is 20.9 Å². The van der Waals surface area contributed by atoms with Crippen LogP contribution in [0.3, 0.4) is 0 Å². The smallest absolute Gasteiger partial charge is 0.269 e. The maximum absolute atomic E-state index is 13.6. The molecule has 3 heterocycles. The van der Waals surface area contributed by atoms with Crippen LogP contribution in [0.15, 0.2) is 60.8 Å². The summed E-state index contributed by atoms with van der Waals surface area (Å²) >= 11 is 0. The lowest BCUT2D eigenvalue weighted by Gasteiger charge is -2.33. The minimum Gasteiger partial charge on any atom is -0.364 e. The van der Waals surface area contributed by atoms with Gasteiger partial charge in [-0.05, 0) is 74.0 Å². The standard InChI is InChI=1S/C29H28FN7O2/c1-35-12-14-36(15-13-35)25-16-19(10-11-32-25)29(39)33-21-6-2-18-3-9-23-26(28(31)38)34-37(27(23)24(18)17-21)22-7-4-20(30)5-8-22/h2,4-8,10-11,16-17H,3,9,12-15H2,1H3,(H2,31,38)(H,33,39). The number of nitrogens with two attached hydrogens (primary N) is 1. The lowest BCUT2D eigenvalue weighted by Crippen LogP contribution is -2.44. The second-order valence-corrected chi connectivity index (χ2v) is 9.95. The van der Waals surface area contributed by atoms with Crippen LogP contribution in [0, 0.1) is 5.82 Å². The van der Waals surface area contributed by atoms with Crippen molar-refractivity contribution in [1.29, 1.82) is 0 Å². The first-order valence-corrected chi connectivity index (χ1v) is 12.9. The van der Waals surface area contributed by atoms with E-state index >= 15 is 0 Å². The number of nitrogens with zero attached hydrogens (tertiary/aromatic N) is 5. The van der Waals surface area contributed by atoms with E-state index < -0.39 is 5.91 Å². The largest absolute Gasteiger partial charge is 0.364 e. The average Bonchev–Trinajstić information content (AvgIpc) is 3.35. The molecule has 10 heteroatoms. The van der Waals surface area contributed by atoms with Crippen molar-refractivity contribution in [3.63, 3.8) is 0 Å². The van der Waals surface area contributed by atoms with E-state index in [0.29, 0.717) is 35.5 Å². The third kappa shape index (κ3) is 4.74. The van der Waals surface area contributed by atoms with E-state index in [1.807, 2.05) is 24.3 Å². The van der Waals surface area contributed by atoms with Crippen molar-refractivity contribution in [2.24, 2.45) is 5.73 Å². The summed E-state index contributed by atoms with van der Waals surface area (Å²) in [7, 11) is 2.09. The van der Waals surface area contributed by atoms with Crippen molar-refractivity contribution < 1.29 is 14.0 Å². The fourth-order valence-corrected chi connectivity index (χ4v) is 5.25. The minimum absolute atomic E-state index is 0.197. The van der Waals surface area contributed by atoms with E-state index in [2.05, 4.69) is 32.2 Å². The predicted octanol–water partition coefficient (Wildman–Crippen LogP) is 3.28. The van der Waals surface area contributed by atoms with Crippen molar-refractivity contribution in [3.05, 3.63) is 89.0 Å². The van der Waals surface area contributed by atoms with Gasteiger partial charge in [0.2, 0.25) is 0 Å². The quantitative estimate of drug-likeness (QED) is 0.414. The number of carbonyl (C=O) groups is 2. The van der Waals surface area contributed by atoms with E-state index in [-0.39, 0.29) is 17.4 Å². The molecular formula is C29H28FN7O2. The van der Waals surface area contributed by atoms with Crippen LogP contribution >= 0.6 is 0 Å². The molecule has 39 heavy (non-hydrogen) atoms. The summed E-state index contributed by atoms with van der Waals surface area (Å²) in [5.74, 6) is -0.442. The molecule has 0 saturated carbocycles. The normalized spacial score (nSPS) is 15.0. The average molecular weight is 526 g/mol. The molecule has 1 fully saturated rings. The zero-order valence-electron chi connectivity index (χ0n) is 21.5. The van der Waals surface area contributed by atoms with Gasteiger partial charge in [-0.3, -0.25) is 9.59 Å². The third-order valence-corrected chi connectivity index (χ3v) is 7.39. The Morgan fingerprint density at radius 1 is 0.974 bits per heavy atom. The van der Waals surface area contributed by atoms with Gasteiger partial charge in [0.15, 0.2) is 5.69 Å². The van der Waals surface area contributed by atoms with E-state index in [4.69, 9.17) is 5.73 Å². The lowest BCUT2D eigenvalue weighted by molar-refractivity contribution is 0.0992. The molecule has 3 N–H and O–H groups in total. The van der Waals surface area contributed by atoms with E-state index in [9.17, 15) is 14.0 Å². The third-order valence-electron chi connectivity index (χ3n) is 7.39. The van der Waals surface area contributed by atoms with Gasteiger partial charge in [0, 0.05) is 54.8 Å². The molecule has 0 unspecified atom stereocenters. The molecule has 2 amide bonds. The Morgan fingerprint density at radius 3 is 2.49 bits per heavy atom. The van der Waals surface area contributed by atoms with E-state index in [1.165, 1.54) is 12.1 Å². The summed E-state index contributed by atoms with van der Waals surface area (Å²) in [5, 5.41) is 7.51. The maximum Gasteiger partial charge on any atom is 0.269 e. The van der Waals surface area contributed by atoms with E-state index in [0.717, 1.165) is 48.7 Å². The van der Waals surface area contributed by atoms with Crippen LogP contribution in [0.5, 0.6) is 0 Å². The Labute approximate surface area is 225 Å². The van der Waals surface area contributed by atoms with E-state index in [1.54, 1.807) is 29.1 Å². The Morgan fingerprint density at radius 2 is 1.74 bits per heavy atom. The number of hydrogen-bond acceptors (Lipinski definition) is 6. The molecule has 6 rings (SSSR count). The molecular weight excluding hydrogens is 497 g/mol. The summed E-state index contributed by atoms with van der Waals surface area (Å²) in [6.45, 7) is 3.61. The number of likely N-dealkylation sites (N-methyl/N-ethyl adjacent to an activating group) is 1. The van der Waals surface area contributed by atoms with Crippen molar-refractivity contribution in [3.8, 4) is 16.9 Å². The van der Waals surface area contributed by atoms with Crippen LogP contribution in [-0.4, -0.2) is 64.7 Å². The van der Waals surface area contributed by atoms with Crippen LogP contribution < -0.4 is 16.0 Å². The van der Waals surface area contributed by atoms with Gasteiger partial charge in [-0.1, -0.05) is 6.07 Å². The molecule has 4 aromatic rings. The number of rotatable bonds is 5. The summed E-state index contributed by atoms with van der Waals surface area (Å²) in [6, 6.07) is 15.2. The van der Waals surface area contributed by atoms with Crippen LogP contribution in [0.25, 0.3) is 16.9 Å². The molecule has 0 bridgehead atoms. The lowest BCUT2D eigenvalue weighted by atomic mass is 9.88. The summed E-state index contributed by atoms with van der Waals surface area (Å²) in [5.41, 5.74) is 11.0. The fourth-order valence-electron chi connectivity index (χ4n) is 5.25. The highest BCUT2D eigenvalue weighted by molar-refractivity contribution is 6.05. The fraction of sp³-hybridized carbons (Fsp3) is 0.241. The summed E-state index contributed by atoms with van der Waals surface area (Å²) < 4.78 is 15.3. The van der Waals surface area contributed by atoms with Gasteiger partial charge in [0.1, 0.15) is 11.6 Å². The first kappa shape index (κ1) is 24.7. The monoisotopic (exact) mass is 525 g/mol. The summed E-state index contributed by atoms with van der Waals surface area (Å²) in [6.07, 6.45) is 2.96.